The van der Waals surface area contributed by atoms with Crippen molar-refractivity contribution < 1.29 is 4.74 Å². The number of rotatable bonds is 2. The molecule has 0 bridgehead atoms. The topological polar surface area (TPSA) is 61.0 Å². The van der Waals surface area contributed by atoms with Gasteiger partial charge in [0.15, 0.2) is 5.82 Å². The van der Waals surface area contributed by atoms with Crippen LogP contribution in [0, 0.1) is 20.8 Å². The Balaban J connectivity index is 2.08. The molecular formula is C17H17N3O. The normalized spacial score (nSPS) is 10.8. The molecule has 0 atom stereocenters. The van der Waals surface area contributed by atoms with E-state index >= 15 is 0 Å². The maximum absolute atomic E-state index is 5.96. The molecule has 0 fully saturated rings. The monoisotopic (exact) mass is 279 g/mol. The molecule has 0 aliphatic rings. The second kappa shape index (κ2) is 5.05. The molecule has 0 aliphatic heterocycles. The summed E-state index contributed by atoms with van der Waals surface area (Å²) in [4.78, 5) is 8.80. The number of aryl methyl sites for hydroxylation is 2. The zero-order valence-corrected chi connectivity index (χ0v) is 12.3. The third kappa shape index (κ3) is 2.52. The summed E-state index contributed by atoms with van der Waals surface area (Å²) in [6, 6.07) is 11.7. The summed E-state index contributed by atoms with van der Waals surface area (Å²) in [6.45, 7) is 6.12. The molecule has 1 heterocycles. The summed E-state index contributed by atoms with van der Waals surface area (Å²) in [5, 5.41) is 0. The summed E-state index contributed by atoms with van der Waals surface area (Å²) in [5.41, 5.74) is 10.9. The van der Waals surface area contributed by atoms with Crippen molar-refractivity contribution in [1.29, 1.82) is 0 Å². The van der Waals surface area contributed by atoms with Gasteiger partial charge in [0, 0.05) is 0 Å². The van der Waals surface area contributed by atoms with Crippen molar-refractivity contribution >= 4 is 16.9 Å². The van der Waals surface area contributed by atoms with Crippen LogP contribution >= 0.6 is 0 Å². The van der Waals surface area contributed by atoms with Gasteiger partial charge >= 0.3 is 0 Å². The number of hydrogen-bond donors (Lipinski definition) is 1. The Bertz CT molecular complexity index is 828. The quantitative estimate of drug-likeness (QED) is 0.772. The van der Waals surface area contributed by atoms with Crippen LogP contribution in [0.5, 0.6) is 11.6 Å². The lowest BCUT2D eigenvalue weighted by Gasteiger charge is -2.12. The molecule has 4 nitrogen and oxygen atoms in total. The van der Waals surface area contributed by atoms with E-state index in [4.69, 9.17) is 10.5 Å². The molecule has 0 saturated heterocycles. The van der Waals surface area contributed by atoms with Gasteiger partial charge in [-0.1, -0.05) is 18.2 Å². The Morgan fingerprint density at radius 1 is 0.952 bits per heavy atom. The molecule has 106 valence electrons. The van der Waals surface area contributed by atoms with Crippen molar-refractivity contribution in [2.45, 2.75) is 20.8 Å². The molecule has 0 spiro atoms. The van der Waals surface area contributed by atoms with E-state index in [0.29, 0.717) is 11.7 Å². The third-order valence-electron chi connectivity index (χ3n) is 3.53. The van der Waals surface area contributed by atoms with Crippen molar-refractivity contribution in [3.63, 3.8) is 0 Å². The molecule has 0 aliphatic carbocycles. The van der Waals surface area contributed by atoms with Crippen LogP contribution < -0.4 is 10.5 Å². The molecule has 0 unspecified atom stereocenters. The first-order chi connectivity index (χ1) is 10.0. The van der Waals surface area contributed by atoms with E-state index in [-0.39, 0.29) is 0 Å². The lowest BCUT2D eigenvalue weighted by Crippen LogP contribution is -2.00. The number of para-hydroxylation sites is 2. The van der Waals surface area contributed by atoms with Gasteiger partial charge in [-0.2, -0.15) is 0 Å². The summed E-state index contributed by atoms with van der Waals surface area (Å²) >= 11 is 0. The van der Waals surface area contributed by atoms with E-state index in [9.17, 15) is 0 Å². The van der Waals surface area contributed by atoms with E-state index in [1.165, 1.54) is 5.56 Å². The van der Waals surface area contributed by atoms with Crippen LogP contribution in [0.1, 0.15) is 16.7 Å². The summed E-state index contributed by atoms with van der Waals surface area (Å²) in [6.07, 6.45) is 0. The van der Waals surface area contributed by atoms with E-state index < -0.39 is 0 Å². The van der Waals surface area contributed by atoms with Crippen LogP contribution in [-0.4, -0.2) is 9.97 Å². The predicted molar refractivity (Wildman–Crippen MR) is 84.7 cm³/mol. The van der Waals surface area contributed by atoms with Crippen molar-refractivity contribution in [3.05, 3.63) is 53.1 Å². The number of aromatic nitrogens is 2. The average Bonchev–Trinajstić information content (AvgIpc) is 2.45. The van der Waals surface area contributed by atoms with E-state index in [1.54, 1.807) is 0 Å². The van der Waals surface area contributed by atoms with Crippen LogP contribution in [0.25, 0.3) is 11.0 Å². The van der Waals surface area contributed by atoms with Crippen molar-refractivity contribution in [3.8, 4) is 11.6 Å². The van der Waals surface area contributed by atoms with Crippen molar-refractivity contribution in [2.75, 3.05) is 5.73 Å². The highest BCUT2D eigenvalue weighted by molar-refractivity contribution is 5.76. The average molecular weight is 279 g/mol. The number of ether oxygens (including phenoxy) is 1. The van der Waals surface area contributed by atoms with Gasteiger partial charge in [0.1, 0.15) is 5.75 Å². The Morgan fingerprint density at radius 2 is 1.62 bits per heavy atom. The minimum Gasteiger partial charge on any atom is -0.436 e. The first kappa shape index (κ1) is 13.4. The van der Waals surface area contributed by atoms with Crippen LogP contribution in [0.3, 0.4) is 0 Å². The predicted octanol–water partition coefficient (Wildman–Crippen LogP) is 3.93. The lowest BCUT2D eigenvalue weighted by atomic mass is 10.1. The van der Waals surface area contributed by atoms with Gasteiger partial charge < -0.3 is 10.5 Å². The molecule has 21 heavy (non-hydrogen) atoms. The van der Waals surface area contributed by atoms with E-state index in [1.807, 2.05) is 44.2 Å². The van der Waals surface area contributed by atoms with Crippen LogP contribution in [0.2, 0.25) is 0 Å². The highest BCUT2D eigenvalue weighted by atomic mass is 16.5. The molecule has 3 aromatic rings. The number of nitrogens with zero attached hydrogens (tertiary/aromatic N) is 2. The van der Waals surface area contributed by atoms with E-state index in [2.05, 4.69) is 23.0 Å². The first-order valence-electron chi connectivity index (χ1n) is 6.82. The fraction of sp³-hybridized carbons (Fsp3) is 0.176. The van der Waals surface area contributed by atoms with Gasteiger partial charge in [-0.3, -0.25) is 0 Å². The van der Waals surface area contributed by atoms with Gasteiger partial charge in [0.2, 0.25) is 0 Å². The van der Waals surface area contributed by atoms with Crippen molar-refractivity contribution in [1.82, 2.24) is 9.97 Å². The molecule has 2 N–H and O–H groups in total. The minimum atomic E-state index is 0.298. The second-order valence-electron chi connectivity index (χ2n) is 5.21. The standard InChI is InChI=1S/C17H17N3O/c1-10-8-11(2)12(3)15(9-10)21-17-16(18)19-13-6-4-5-7-14(13)20-17/h4-9H,1-3H3,(H2,18,19). The summed E-state index contributed by atoms with van der Waals surface area (Å²) in [5.74, 6) is 1.41. The molecule has 0 saturated carbocycles. The van der Waals surface area contributed by atoms with E-state index in [0.717, 1.165) is 27.9 Å². The Labute approximate surface area is 123 Å². The number of nitrogens with two attached hydrogens (primary N) is 1. The first-order valence-corrected chi connectivity index (χ1v) is 6.82. The van der Waals surface area contributed by atoms with Gasteiger partial charge in [-0.25, -0.2) is 9.97 Å². The van der Waals surface area contributed by atoms with Crippen LogP contribution in [0.15, 0.2) is 36.4 Å². The molecule has 0 amide bonds. The number of anilines is 1. The SMILES string of the molecule is Cc1cc(C)c(C)c(Oc2nc3ccccc3nc2N)c1. The number of hydrogen-bond acceptors (Lipinski definition) is 4. The smallest absolute Gasteiger partial charge is 0.263 e. The zero-order valence-electron chi connectivity index (χ0n) is 12.3. The number of benzene rings is 2. The number of nitrogen functional groups attached to an aromatic ring is 1. The molecule has 2 aromatic carbocycles. The number of fused-ring (bicyclic) bond motifs is 1. The molecule has 0 radical (unpaired) electrons. The van der Waals surface area contributed by atoms with Gasteiger partial charge in [0.05, 0.1) is 11.0 Å². The third-order valence-corrected chi connectivity index (χ3v) is 3.53. The fourth-order valence-corrected chi connectivity index (χ4v) is 2.28. The van der Waals surface area contributed by atoms with Gasteiger partial charge in [-0.05, 0) is 55.7 Å². The largest absolute Gasteiger partial charge is 0.436 e. The molecule has 4 heteroatoms. The maximum Gasteiger partial charge on any atom is 0.263 e. The van der Waals surface area contributed by atoms with Gasteiger partial charge in [-0.15, -0.1) is 0 Å². The van der Waals surface area contributed by atoms with Crippen molar-refractivity contribution in [2.24, 2.45) is 0 Å². The highest BCUT2D eigenvalue weighted by Crippen LogP contribution is 2.30. The second-order valence-corrected chi connectivity index (χ2v) is 5.21. The van der Waals surface area contributed by atoms with Gasteiger partial charge in [0.25, 0.3) is 5.88 Å². The molecule has 1 aromatic heterocycles. The zero-order chi connectivity index (χ0) is 15.0. The van der Waals surface area contributed by atoms with Crippen LogP contribution in [-0.2, 0) is 0 Å². The van der Waals surface area contributed by atoms with Crippen LogP contribution in [0.4, 0.5) is 5.82 Å². The Kier molecular flexibility index (Phi) is 3.22. The molecule has 3 rings (SSSR count). The Hall–Kier alpha value is -2.62. The summed E-state index contributed by atoms with van der Waals surface area (Å²) < 4.78 is 5.91. The minimum absolute atomic E-state index is 0.298. The maximum atomic E-state index is 5.96. The Morgan fingerprint density at radius 3 is 2.33 bits per heavy atom. The molecular weight excluding hydrogens is 262 g/mol. The lowest BCUT2D eigenvalue weighted by molar-refractivity contribution is 0.461. The highest BCUT2D eigenvalue weighted by Gasteiger charge is 2.11. The fourth-order valence-electron chi connectivity index (χ4n) is 2.28. The summed E-state index contributed by atoms with van der Waals surface area (Å²) in [7, 11) is 0.